The Morgan fingerprint density at radius 1 is 1.12 bits per heavy atom. The van der Waals surface area contributed by atoms with Crippen LogP contribution in [0.2, 0.25) is 0 Å². The Balaban J connectivity index is 1.40. The summed E-state index contributed by atoms with van der Waals surface area (Å²) in [6, 6.07) is 19.9. The zero-order chi connectivity index (χ0) is 22.8. The normalized spacial score (nSPS) is 11.5. The number of benzene rings is 3. The molecule has 6 nitrogen and oxygen atoms in total. The molecule has 33 heavy (non-hydrogen) atoms. The molecule has 0 radical (unpaired) electrons. The first-order valence-electron chi connectivity index (χ1n) is 10.4. The number of para-hydroxylation sites is 1. The van der Waals surface area contributed by atoms with Gasteiger partial charge in [-0.1, -0.05) is 30.3 Å². The number of methoxy groups -OCH3 is 1. The minimum absolute atomic E-state index is 0.309. The number of carbonyl (C=O) groups is 1. The van der Waals surface area contributed by atoms with Gasteiger partial charge >= 0.3 is 0 Å². The summed E-state index contributed by atoms with van der Waals surface area (Å²) in [5.74, 6) is 0.158. The summed E-state index contributed by atoms with van der Waals surface area (Å²) in [7, 11) is 1.63. The third-order valence-corrected chi connectivity index (χ3v) is 5.59. The molecule has 0 aliphatic rings. The van der Waals surface area contributed by atoms with Crippen LogP contribution in [0.5, 0.6) is 5.75 Å². The van der Waals surface area contributed by atoms with E-state index in [1.165, 1.54) is 12.1 Å². The van der Waals surface area contributed by atoms with Crippen molar-refractivity contribution in [3.8, 4) is 5.75 Å². The number of rotatable bonds is 6. The highest BCUT2D eigenvalue weighted by molar-refractivity contribution is 6.07. The van der Waals surface area contributed by atoms with E-state index in [0.29, 0.717) is 12.1 Å². The van der Waals surface area contributed by atoms with Crippen molar-refractivity contribution in [1.29, 1.82) is 0 Å². The third kappa shape index (κ3) is 4.08. The number of carbonyl (C=O) groups excluding carboxylic acids is 1. The van der Waals surface area contributed by atoms with Gasteiger partial charge < -0.3 is 14.3 Å². The van der Waals surface area contributed by atoms with Crippen molar-refractivity contribution in [2.24, 2.45) is 5.10 Å². The second-order valence-corrected chi connectivity index (χ2v) is 7.67. The highest BCUT2D eigenvalue weighted by atomic mass is 19.1. The van der Waals surface area contributed by atoms with Crippen LogP contribution in [-0.2, 0) is 6.54 Å². The molecule has 2 N–H and O–H groups in total. The largest absolute Gasteiger partial charge is 0.497 e. The standard InChI is InChI=1S/C26H21FN4O2/c1-33-20-9-6-17(7-10-20)15-31-16-18(21-11-8-19(27)12-25(21)31)13-29-30-26(32)23-14-28-24-5-3-2-4-22(23)24/h2-14,16,28H,15H2,1H3,(H,30,32)/b29-13-. The van der Waals surface area contributed by atoms with Crippen LogP contribution in [0.25, 0.3) is 21.8 Å². The Labute approximate surface area is 189 Å². The average Bonchev–Trinajstić information content (AvgIpc) is 3.41. The Kier molecular flexibility index (Phi) is 5.36. The van der Waals surface area contributed by atoms with Crippen molar-refractivity contribution in [2.75, 3.05) is 7.11 Å². The van der Waals surface area contributed by atoms with Gasteiger partial charge in [-0.25, -0.2) is 9.82 Å². The van der Waals surface area contributed by atoms with E-state index in [1.54, 1.807) is 25.6 Å². The van der Waals surface area contributed by atoms with E-state index in [0.717, 1.165) is 38.7 Å². The van der Waals surface area contributed by atoms with Crippen molar-refractivity contribution in [2.45, 2.75) is 6.54 Å². The average molecular weight is 440 g/mol. The summed E-state index contributed by atoms with van der Waals surface area (Å²) in [5.41, 5.74) is 6.56. The van der Waals surface area contributed by atoms with Crippen molar-refractivity contribution in [3.05, 3.63) is 102 Å². The summed E-state index contributed by atoms with van der Waals surface area (Å²) in [6.07, 6.45) is 5.15. The number of hydrogen-bond acceptors (Lipinski definition) is 3. The fourth-order valence-electron chi connectivity index (χ4n) is 3.93. The number of hydrogen-bond donors (Lipinski definition) is 2. The lowest BCUT2D eigenvalue weighted by molar-refractivity contribution is 0.0957. The maximum atomic E-state index is 14.0. The molecule has 0 aliphatic heterocycles. The van der Waals surface area contributed by atoms with E-state index >= 15 is 0 Å². The number of halogens is 1. The molecule has 2 heterocycles. The maximum absolute atomic E-state index is 14.0. The molecule has 0 spiro atoms. The van der Waals surface area contributed by atoms with Crippen molar-refractivity contribution >= 4 is 33.9 Å². The molecule has 3 aromatic carbocycles. The lowest BCUT2D eigenvalue weighted by atomic mass is 10.2. The zero-order valence-electron chi connectivity index (χ0n) is 17.9. The first kappa shape index (κ1) is 20.5. The lowest BCUT2D eigenvalue weighted by Gasteiger charge is -2.07. The quantitative estimate of drug-likeness (QED) is 0.285. The third-order valence-electron chi connectivity index (χ3n) is 5.59. The van der Waals surface area contributed by atoms with Crippen molar-refractivity contribution in [1.82, 2.24) is 15.0 Å². The number of amides is 1. The summed E-state index contributed by atoms with van der Waals surface area (Å²) in [6.45, 7) is 0.555. The molecule has 1 amide bonds. The first-order valence-corrected chi connectivity index (χ1v) is 10.4. The van der Waals surface area contributed by atoms with Crippen LogP contribution in [0, 0.1) is 5.82 Å². The molecule has 5 aromatic rings. The van der Waals surface area contributed by atoms with Gasteiger partial charge in [-0.05, 0) is 42.0 Å². The van der Waals surface area contributed by atoms with Crippen LogP contribution < -0.4 is 10.2 Å². The number of nitrogens with zero attached hydrogens (tertiary/aromatic N) is 2. The van der Waals surface area contributed by atoms with Gasteiger partial charge in [0.2, 0.25) is 0 Å². The summed E-state index contributed by atoms with van der Waals surface area (Å²) < 4.78 is 21.2. The second-order valence-electron chi connectivity index (χ2n) is 7.67. The van der Waals surface area contributed by atoms with Crippen molar-refractivity contribution < 1.29 is 13.9 Å². The fourth-order valence-corrected chi connectivity index (χ4v) is 3.93. The zero-order valence-corrected chi connectivity index (χ0v) is 17.9. The Hall–Kier alpha value is -4.39. The van der Waals surface area contributed by atoms with Crippen LogP contribution in [0.3, 0.4) is 0 Å². The number of nitrogens with one attached hydrogen (secondary N) is 2. The molecular formula is C26H21FN4O2. The number of fused-ring (bicyclic) bond motifs is 2. The highest BCUT2D eigenvalue weighted by Gasteiger charge is 2.12. The topological polar surface area (TPSA) is 71.4 Å². The smallest absolute Gasteiger partial charge is 0.273 e. The Bertz CT molecular complexity index is 1480. The molecule has 164 valence electrons. The predicted molar refractivity (Wildman–Crippen MR) is 127 cm³/mol. The first-order chi connectivity index (χ1) is 16.1. The Morgan fingerprint density at radius 3 is 2.76 bits per heavy atom. The van der Waals surface area contributed by atoms with Gasteiger partial charge in [-0.3, -0.25) is 4.79 Å². The molecule has 0 atom stereocenters. The van der Waals surface area contributed by atoms with Gasteiger partial charge in [-0.2, -0.15) is 5.10 Å². The Morgan fingerprint density at radius 2 is 1.94 bits per heavy atom. The highest BCUT2D eigenvalue weighted by Crippen LogP contribution is 2.23. The summed E-state index contributed by atoms with van der Waals surface area (Å²) in [4.78, 5) is 15.7. The number of hydrazone groups is 1. The van der Waals surface area contributed by atoms with E-state index in [9.17, 15) is 9.18 Å². The summed E-state index contributed by atoms with van der Waals surface area (Å²) in [5, 5.41) is 5.83. The molecular weight excluding hydrogens is 419 g/mol. The molecule has 2 aromatic heterocycles. The minimum Gasteiger partial charge on any atom is -0.497 e. The number of ether oxygens (including phenoxy) is 1. The van der Waals surface area contributed by atoms with Gasteiger partial charge in [0.25, 0.3) is 5.91 Å². The van der Waals surface area contributed by atoms with Crippen LogP contribution in [-0.4, -0.2) is 28.8 Å². The molecule has 0 saturated heterocycles. The number of aromatic nitrogens is 2. The van der Waals surface area contributed by atoms with Crippen molar-refractivity contribution in [3.63, 3.8) is 0 Å². The number of aromatic amines is 1. The van der Waals surface area contributed by atoms with Crippen LogP contribution >= 0.6 is 0 Å². The lowest BCUT2D eigenvalue weighted by Crippen LogP contribution is -2.17. The van der Waals surface area contributed by atoms with Gasteiger partial charge in [-0.15, -0.1) is 0 Å². The second kappa shape index (κ2) is 8.63. The van der Waals surface area contributed by atoms with E-state index in [4.69, 9.17) is 4.74 Å². The van der Waals surface area contributed by atoms with Gasteiger partial charge in [0.1, 0.15) is 11.6 Å². The van der Waals surface area contributed by atoms with E-state index in [2.05, 4.69) is 15.5 Å². The van der Waals surface area contributed by atoms with Crippen LogP contribution in [0.4, 0.5) is 4.39 Å². The van der Waals surface area contributed by atoms with E-state index < -0.39 is 0 Å². The number of H-pyrrole nitrogens is 1. The molecule has 0 aliphatic carbocycles. The fraction of sp³-hybridized carbons (Fsp3) is 0.0769. The molecule has 0 bridgehead atoms. The van der Waals surface area contributed by atoms with E-state index in [1.807, 2.05) is 59.3 Å². The molecule has 0 unspecified atom stereocenters. The molecule has 7 heteroatoms. The summed E-state index contributed by atoms with van der Waals surface area (Å²) >= 11 is 0. The van der Waals surface area contributed by atoms with Gasteiger partial charge in [0, 0.05) is 40.8 Å². The minimum atomic E-state index is -0.312. The van der Waals surface area contributed by atoms with Gasteiger partial charge in [0.15, 0.2) is 0 Å². The van der Waals surface area contributed by atoms with E-state index in [-0.39, 0.29) is 11.7 Å². The maximum Gasteiger partial charge on any atom is 0.273 e. The molecule has 0 saturated carbocycles. The molecule has 5 rings (SSSR count). The monoisotopic (exact) mass is 440 g/mol. The van der Waals surface area contributed by atoms with Crippen LogP contribution in [0.15, 0.2) is 84.2 Å². The molecule has 0 fully saturated rings. The predicted octanol–water partition coefficient (Wildman–Crippen LogP) is 5.08. The van der Waals surface area contributed by atoms with Crippen LogP contribution in [0.1, 0.15) is 21.5 Å². The SMILES string of the molecule is COc1ccc(Cn2cc(/C=N\NC(=O)c3c[nH]c4ccccc34)c3ccc(F)cc32)cc1. The van der Waals surface area contributed by atoms with Gasteiger partial charge in [0.05, 0.1) is 24.4 Å².